The van der Waals surface area contributed by atoms with Crippen molar-refractivity contribution in [2.75, 3.05) is 31.7 Å². The molecule has 3 rings (SSSR count). The molecule has 0 aliphatic rings. The summed E-state index contributed by atoms with van der Waals surface area (Å²) >= 11 is 0. The molecule has 0 atom stereocenters. The summed E-state index contributed by atoms with van der Waals surface area (Å²) in [6.45, 7) is 5.43. The minimum absolute atomic E-state index is 0. The third-order valence-corrected chi connectivity index (χ3v) is 4.25. The number of anilines is 1. The first kappa shape index (κ1) is 22.2. The zero-order chi connectivity index (χ0) is 19.2. The Morgan fingerprint density at radius 3 is 2.54 bits per heavy atom. The van der Waals surface area contributed by atoms with Crippen LogP contribution < -0.4 is 5.32 Å². The van der Waals surface area contributed by atoms with Crippen molar-refractivity contribution < 1.29 is 14.2 Å². The first-order chi connectivity index (χ1) is 13.1. The number of hydrogen-bond acceptors (Lipinski definition) is 5. The number of nitrogens with zero attached hydrogens (tertiary/aromatic N) is 2. The molecule has 0 saturated carbocycles. The molecule has 0 aliphatic heterocycles. The van der Waals surface area contributed by atoms with Crippen LogP contribution in [0.25, 0.3) is 22.0 Å². The van der Waals surface area contributed by atoms with Crippen LogP contribution in [0.2, 0.25) is 0 Å². The van der Waals surface area contributed by atoms with E-state index in [0.29, 0.717) is 31.1 Å². The van der Waals surface area contributed by atoms with Crippen molar-refractivity contribution in [1.29, 1.82) is 0 Å². The first-order valence-corrected chi connectivity index (χ1v) is 9.09. The van der Waals surface area contributed by atoms with Gasteiger partial charge in [-0.3, -0.25) is 0 Å². The van der Waals surface area contributed by atoms with Crippen molar-refractivity contribution >= 4 is 33.7 Å². The largest absolute Gasteiger partial charge is 0.394 e. The number of aliphatic hydroxyl groups is 1. The van der Waals surface area contributed by atoms with Crippen LogP contribution in [-0.4, -0.2) is 41.4 Å². The summed E-state index contributed by atoms with van der Waals surface area (Å²) in [6, 6.07) is 12.6. The smallest absolute Gasteiger partial charge is 0.223 e. The van der Waals surface area contributed by atoms with Gasteiger partial charge in [-0.05, 0) is 29.5 Å². The highest BCUT2D eigenvalue weighted by Gasteiger charge is 2.13. The highest BCUT2D eigenvalue weighted by atomic mass is 79.9. The Hall–Kier alpha value is -2.09. The van der Waals surface area contributed by atoms with Crippen LogP contribution in [0.3, 0.4) is 0 Å². The SMILES string of the molecule is Br.CC(C)c1cc(-c2ccc(F)c3ccccc23)nc(NCCOCCO)n1. The van der Waals surface area contributed by atoms with Crippen molar-refractivity contribution in [2.45, 2.75) is 19.8 Å². The fourth-order valence-electron chi connectivity index (χ4n) is 2.87. The van der Waals surface area contributed by atoms with E-state index in [9.17, 15) is 4.39 Å². The quantitative estimate of drug-likeness (QED) is 0.493. The summed E-state index contributed by atoms with van der Waals surface area (Å²) in [7, 11) is 0. The minimum Gasteiger partial charge on any atom is -0.394 e. The summed E-state index contributed by atoms with van der Waals surface area (Å²) < 4.78 is 19.4. The number of nitrogens with one attached hydrogen (secondary N) is 1. The van der Waals surface area contributed by atoms with Crippen molar-refractivity contribution in [3.8, 4) is 11.3 Å². The van der Waals surface area contributed by atoms with Gasteiger partial charge in [-0.1, -0.05) is 38.1 Å². The fourth-order valence-corrected chi connectivity index (χ4v) is 2.87. The Morgan fingerprint density at radius 2 is 1.82 bits per heavy atom. The van der Waals surface area contributed by atoms with Gasteiger partial charge in [0.15, 0.2) is 0 Å². The lowest BCUT2D eigenvalue weighted by Crippen LogP contribution is -2.14. The molecule has 150 valence electrons. The summed E-state index contributed by atoms with van der Waals surface area (Å²) in [6.07, 6.45) is 0. The Balaban J connectivity index is 0.00000280. The predicted octanol–water partition coefficient (Wildman–Crippen LogP) is 4.56. The Labute approximate surface area is 174 Å². The zero-order valence-corrected chi connectivity index (χ0v) is 17.7. The highest BCUT2D eigenvalue weighted by molar-refractivity contribution is 8.93. The fraction of sp³-hybridized carbons (Fsp3) is 0.333. The van der Waals surface area contributed by atoms with E-state index in [1.54, 1.807) is 12.1 Å². The molecular formula is C21H25BrFN3O2. The molecular weight excluding hydrogens is 425 g/mol. The van der Waals surface area contributed by atoms with Gasteiger partial charge < -0.3 is 15.2 Å². The maximum atomic E-state index is 14.2. The average molecular weight is 450 g/mol. The summed E-state index contributed by atoms with van der Waals surface area (Å²) in [5, 5.41) is 13.3. The molecule has 3 aromatic rings. The van der Waals surface area contributed by atoms with Crippen LogP contribution in [0, 0.1) is 5.82 Å². The second-order valence-electron chi connectivity index (χ2n) is 6.56. The average Bonchev–Trinajstić information content (AvgIpc) is 2.68. The lowest BCUT2D eigenvalue weighted by Gasteiger charge is -2.13. The number of ether oxygens (including phenoxy) is 1. The Morgan fingerprint density at radius 1 is 1.07 bits per heavy atom. The van der Waals surface area contributed by atoms with Crippen LogP contribution in [0.1, 0.15) is 25.5 Å². The second-order valence-corrected chi connectivity index (χ2v) is 6.56. The van der Waals surface area contributed by atoms with E-state index in [2.05, 4.69) is 29.1 Å². The molecule has 0 bridgehead atoms. The van der Waals surface area contributed by atoms with E-state index in [4.69, 9.17) is 9.84 Å². The predicted molar refractivity (Wildman–Crippen MR) is 116 cm³/mol. The lowest BCUT2D eigenvalue weighted by molar-refractivity contribution is 0.0991. The van der Waals surface area contributed by atoms with Gasteiger partial charge in [0.05, 0.1) is 25.5 Å². The zero-order valence-electron chi connectivity index (χ0n) is 16.0. The Bertz CT molecular complexity index is 921. The molecule has 28 heavy (non-hydrogen) atoms. The van der Waals surface area contributed by atoms with Crippen LogP contribution in [-0.2, 0) is 4.74 Å². The van der Waals surface area contributed by atoms with E-state index >= 15 is 0 Å². The van der Waals surface area contributed by atoms with Gasteiger partial charge in [0.25, 0.3) is 0 Å². The molecule has 5 nitrogen and oxygen atoms in total. The van der Waals surface area contributed by atoms with Gasteiger partial charge in [-0.2, -0.15) is 0 Å². The number of rotatable bonds is 8. The van der Waals surface area contributed by atoms with Crippen LogP contribution in [0.15, 0.2) is 42.5 Å². The summed E-state index contributed by atoms with van der Waals surface area (Å²) in [5.74, 6) is 0.494. The number of hydrogen-bond donors (Lipinski definition) is 2. The highest BCUT2D eigenvalue weighted by Crippen LogP contribution is 2.31. The van der Waals surface area contributed by atoms with Gasteiger partial charge in [0, 0.05) is 23.2 Å². The lowest BCUT2D eigenvalue weighted by atomic mass is 10.00. The Kier molecular flexibility index (Phi) is 8.29. The first-order valence-electron chi connectivity index (χ1n) is 9.09. The van der Waals surface area contributed by atoms with E-state index in [1.165, 1.54) is 6.07 Å². The molecule has 0 unspecified atom stereocenters. The van der Waals surface area contributed by atoms with Crippen LogP contribution in [0.5, 0.6) is 0 Å². The molecule has 1 aromatic heterocycles. The molecule has 0 aliphatic carbocycles. The van der Waals surface area contributed by atoms with Crippen molar-refractivity contribution in [3.05, 3.63) is 54.0 Å². The van der Waals surface area contributed by atoms with E-state index in [1.807, 2.05) is 24.3 Å². The third kappa shape index (κ3) is 5.25. The normalized spacial score (nSPS) is 10.9. The molecule has 0 amide bonds. The monoisotopic (exact) mass is 449 g/mol. The maximum Gasteiger partial charge on any atom is 0.223 e. The van der Waals surface area contributed by atoms with E-state index in [0.717, 1.165) is 22.3 Å². The van der Waals surface area contributed by atoms with E-state index in [-0.39, 0.29) is 35.3 Å². The molecule has 2 N–H and O–H groups in total. The molecule has 2 aromatic carbocycles. The van der Waals surface area contributed by atoms with Gasteiger partial charge in [0.2, 0.25) is 5.95 Å². The topological polar surface area (TPSA) is 67.3 Å². The van der Waals surface area contributed by atoms with Crippen molar-refractivity contribution in [3.63, 3.8) is 0 Å². The molecule has 0 spiro atoms. The summed E-state index contributed by atoms with van der Waals surface area (Å²) in [5.41, 5.74) is 2.53. The van der Waals surface area contributed by atoms with Crippen LogP contribution in [0.4, 0.5) is 10.3 Å². The maximum absolute atomic E-state index is 14.2. The summed E-state index contributed by atoms with van der Waals surface area (Å²) in [4.78, 5) is 9.21. The molecule has 0 saturated heterocycles. The standard InChI is InChI=1S/C21H24FN3O2.BrH/c1-14(2)19-13-20(25-21(24-19)23-9-11-27-12-10-26)17-7-8-18(22)16-6-4-3-5-15(16)17;/h3-8,13-14,26H,9-12H2,1-2H3,(H,23,24,25);1H. The van der Waals surface area contributed by atoms with Gasteiger partial charge >= 0.3 is 0 Å². The van der Waals surface area contributed by atoms with E-state index < -0.39 is 0 Å². The molecule has 7 heteroatoms. The van der Waals surface area contributed by atoms with Crippen molar-refractivity contribution in [1.82, 2.24) is 9.97 Å². The van der Waals surface area contributed by atoms with Crippen LogP contribution >= 0.6 is 17.0 Å². The number of benzene rings is 2. The molecule has 1 heterocycles. The van der Waals surface area contributed by atoms with Gasteiger partial charge in [-0.25, -0.2) is 14.4 Å². The number of aliphatic hydroxyl groups excluding tert-OH is 1. The second kappa shape index (κ2) is 10.5. The number of halogens is 2. The van der Waals surface area contributed by atoms with Crippen molar-refractivity contribution in [2.24, 2.45) is 0 Å². The number of aromatic nitrogens is 2. The van der Waals surface area contributed by atoms with Gasteiger partial charge in [-0.15, -0.1) is 17.0 Å². The van der Waals surface area contributed by atoms with Gasteiger partial charge in [0.1, 0.15) is 5.82 Å². The molecule has 0 radical (unpaired) electrons. The molecule has 0 fully saturated rings. The number of fused-ring (bicyclic) bond motifs is 1. The third-order valence-electron chi connectivity index (χ3n) is 4.25. The minimum atomic E-state index is -0.244.